The van der Waals surface area contributed by atoms with Crippen molar-refractivity contribution in [1.29, 1.82) is 0 Å². The molecule has 0 bridgehead atoms. The van der Waals surface area contributed by atoms with Crippen LogP contribution in [0.5, 0.6) is 0 Å². The molecule has 0 aliphatic heterocycles. The van der Waals surface area contributed by atoms with Crippen LogP contribution in [0.25, 0.3) is 78.5 Å². The van der Waals surface area contributed by atoms with Gasteiger partial charge >= 0.3 is 0 Å². The minimum absolute atomic E-state index is 0.0252. The molecule has 0 N–H and O–H groups in total. The van der Waals surface area contributed by atoms with Gasteiger partial charge in [-0.1, -0.05) is 198 Å². The first kappa shape index (κ1) is 71.3. The summed E-state index contributed by atoms with van der Waals surface area (Å²) in [6.07, 6.45) is 17.0. The average molecular weight is 1500 g/mol. The molecule has 15 rings (SSSR count). The standard InChI is InChI=1S/2C23H32N.C22H30N.C20H20N.C19H18N/c2*1-15-12-21(24(8)14-17(15)3)18-13-20-19(11-16(18)2)22(4,5)9-10-23(20,6)7;1-15-8-9-20(23(7)14-15)17-13-19-18(12-16(17)2)21(3,4)10-11-22(19,5)6;1-15-9-7-8-12-18(15)20-13-16(2)19(14-21(20)3)17-10-5-4-6-11-17;1-15-8-6-7-11-18(15)19-13-12-17(14-20(19)2)16-9-4-3-5-10-16/h2*11-14H,9-10H2,1-8H3;8-9,12-14H,10-11H2,1-7H3;4-14H,1-3H3;3-14H,1-2H3/q5*+1/i1D3,3D3;;1D3;;. The molecule has 0 fully saturated rings. The lowest BCUT2D eigenvalue weighted by Crippen LogP contribution is -2.35. The number of rotatable bonds is 7. The van der Waals surface area contributed by atoms with Crippen LogP contribution in [-0.2, 0) is 67.7 Å². The molecule has 5 aromatic heterocycles. The molecule has 0 radical (unpaired) electrons. The van der Waals surface area contributed by atoms with E-state index in [1.54, 1.807) is 35.5 Å². The molecular weight excluding hydrogens is 1360 g/mol. The Bertz CT molecular complexity index is 5790. The number of aromatic nitrogens is 5. The van der Waals surface area contributed by atoms with Gasteiger partial charge in [0.15, 0.2) is 31.0 Å². The summed E-state index contributed by atoms with van der Waals surface area (Å²) < 4.78 is 80.4. The molecule has 0 amide bonds. The number of hydrogen-bond acceptors (Lipinski definition) is 0. The maximum absolute atomic E-state index is 7.92. The van der Waals surface area contributed by atoms with E-state index in [1.807, 2.05) is 30.7 Å². The van der Waals surface area contributed by atoms with Crippen molar-refractivity contribution in [3.8, 4) is 78.5 Å². The number of pyridine rings is 5. The van der Waals surface area contributed by atoms with Crippen LogP contribution >= 0.6 is 0 Å². The van der Waals surface area contributed by atoms with E-state index in [0.29, 0.717) is 11.3 Å². The minimum atomic E-state index is -2.50. The van der Waals surface area contributed by atoms with Crippen molar-refractivity contribution in [2.45, 2.75) is 230 Å². The molecule has 0 saturated heterocycles. The summed E-state index contributed by atoms with van der Waals surface area (Å²) in [5.41, 5.74) is 36.8. The molecular formula is C107H132N5+5. The van der Waals surface area contributed by atoms with E-state index < -0.39 is 20.6 Å². The van der Waals surface area contributed by atoms with Crippen LogP contribution in [0.15, 0.2) is 219 Å². The summed E-state index contributed by atoms with van der Waals surface area (Å²) in [6.45, 7) is 38.3. The third-order valence-electron chi connectivity index (χ3n) is 25.2. The zero-order chi connectivity index (χ0) is 89.0. The Morgan fingerprint density at radius 3 is 0.964 bits per heavy atom. The molecule has 12 aromatic rings. The molecule has 5 heterocycles. The summed E-state index contributed by atoms with van der Waals surface area (Å²) in [5, 5.41) is 0. The monoisotopic (exact) mass is 1500 g/mol. The molecule has 0 saturated carbocycles. The molecule has 3 aliphatic carbocycles. The van der Waals surface area contributed by atoms with Gasteiger partial charge in [-0.25, -0.2) is 22.8 Å². The van der Waals surface area contributed by atoms with Crippen molar-refractivity contribution in [1.82, 2.24) is 0 Å². The highest BCUT2D eigenvalue weighted by atomic mass is 14.9. The van der Waals surface area contributed by atoms with E-state index in [9.17, 15) is 0 Å². The summed E-state index contributed by atoms with van der Waals surface area (Å²) in [4.78, 5) is 0. The number of hydrogen-bond donors (Lipinski definition) is 0. The quantitative estimate of drug-likeness (QED) is 0.142. The summed E-state index contributed by atoms with van der Waals surface area (Å²) in [6, 6.07) is 66.4. The number of aryl methyl sites for hydroxylation is 16. The highest BCUT2D eigenvalue weighted by Crippen LogP contribution is 2.51. The van der Waals surface area contributed by atoms with Gasteiger partial charge in [0.25, 0.3) is 0 Å². The molecule has 3 aliphatic rings. The van der Waals surface area contributed by atoms with Gasteiger partial charge in [-0.3, -0.25) is 0 Å². The van der Waals surface area contributed by atoms with Crippen molar-refractivity contribution in [2.75, 3.05) is 0 Å². The van der Waals surface area contributed by atoms with E-state index in [1.165, 1.54) is 160 Å². The molecule has 112 heavy (non-hydrogen) atoms. The van der Waals surface area contributed by atoms with E-state index >= 15 is 0 Å². The summed E-state index contributed by atoms with van der Waals surface area (Å²) in [5.74, 6) is 0. The maximum atomic E-state index is 7.92. The third kappa shape index (κ3) is 17.9. The molecule has 580 valence electrons. The van der Waals surface area contributed by atoms with Gasteiger partial charge in [0, 0.05) is 98.3 Å². The Morgan fingerprint density at radius 1 is 0.223 bits per heavy atom. The zero-order valence-corrected chi connectivity index (χ0v) is 72.3. The number of benzene rings is 7. The van der Waals surface area contributed by atoms with Gasteiger partial charge < -0.3 is 0 Å². The first-order valence-electron chi connectivity index (χ1n) is 45.0. The fraction of sp³-hybridized carbons (Fsp3) is 0.374. The van der Waals surface area contributed by atoms with E-state index in [4.69, 9.17) is 12.3 Å². The van der Waals surface area contributed by atoms with Crippen LogP contribution in [0, 0.1) is 75.9 Å². The highest BCUT2D eigenvalue weighted by Gasteiger charge is 2.41. The fourth-order valence-electron chi connectivity index (χ4n) is 17.3. The van der Waals surface area contributed by atoms with Crippen LogP contribution in [0.4, 0.5) is 0 Å². The predicted octanol–water partition coefficient (Wildman–Crippen LogP) is 24.7. The zero-order valence-electron chi connectivity index (χ0n) is 81.3. The first-order valence-corrected chi connectivity index (χ1v) is 40.5. The van der Waals surface area contributed by atoms with Crippen molar-refractivity contribution in [3.05, 3.63) is 314 Å². The van der Waals surface area contributed by atoms with Crippen LogP contribution in [0.1, 0.15) is 229 Å². The lowest BCUT2D eigenvalue weighted by atomic mass is 9.62. The minimum Gasteiger partial charge on any atom is -0.201 e. The second kappa shape index (κ2) is 32.8. The molecule has 7 aromatic carbocycles. The summed E-state index contributed by atoms with van der Waals surface area (Å²) in [7, 11) is 10.1. The van der Waals surface area contributed by atoms with Gasteiger partial charge in [-0.15, -0.1) is 0 Å². The normalized spacial score (nSPS) is 17.1. The van der Waals surface area contributed by atoms with Crippen molar-refractivity contribution < 1.29 is 35.2 Å². The number of fused-ring (bicyclic) bond motifs is 3. The Hall–Kier alpha value is -9.71. The average Bonchev–Trinajstić information content (AvgIpc) is 0.737. The van der Waals surface area contributed by atoms with Gasteiger partial charge in [0.2, 0.25) is 28.5 Å². The van der Waals surface area contributed by atoms with Crippen LogP contribution < -0.4 is 22.8 Å². The molecule has 0 unspecified atom stereocenters. The lowest BCUT2D eigenvalue weighted by Gasteiger charge is -2.42. The van der Waals surface area contributed by atoms with Crippen molar-refractivity contribution in [2.24, 2.45) is 35.2 Å². The van der Waals surface area contributed by atoms with Crippen LogP contribution in [0.3, 0.4) is 0 Å². The van der Waals surface area contributed by atoms with Crippen molar-refractivity contribution >= 4 is 0 Å². The Morgan fingerprint density at radius 2 is 0.545 bits per heavy atom. The van der Waals surface area contributed by atoms with Gasteiger partial charge in [-0.05, 0) is 278 Å². The van der Waals surface area contributed by atoms with Crippen LogP contribution in [0.2, 0.25) is 0 Å². The fourth-order valence-corrected chi connectivity index (χ4v) is 17.3. The predicted molar refractivity (Wildman–Crippen MR) is 474 cm³/mol. The first-order chi connectivity index (χ1) is 56.2. The van der Waals surface area contributed by atoms with Crippen LogP contribution in [-0.4, -0.2) is 0 Å². The lowest BCUT2D eigenvalue weighted by molar-refractivity contribution is -0.660. The third-order valence-corrected chi connectivity index (χ3v) is 25.2. The number of nitrogens with zero attached hydrogens (tertiary/aromatic N) is 5. The second-order valence-corrected chi connectivity index (χ2v) is 36.7. The maximum Gasteiger partial charge on any atom is 0.212 e. The molecule has 5 nitrogen and oxygen atoms in total. The molecule has 5 heteroatoms. The Kier molecular flexibility index (Phi) is 20.9. The smallest absolute Gasteiger partial charge is 0.201 e. The molecule has 0 atom stereocenters. The Labute approximate surface area is 688 Å². The van der Waals surface area contributed by atoms with Crippen molar-refractivity contribution in [3.63, 3.8) is 0 Å². The topological polar surface area (TPSA) is 19.4 Å². The van der Waals surface area contributed by atoms with E-state index in [-0.39, 0.29) is 43.6 Å². The van der Waals surface area contributed by atoms with Gasteiger partial charge in [0.05, 0.1) is 0 Å². The SMILES string of the molecule is Cc1cc(-c2cc3c(cc2C)C(C)(C)CCC3(C)C)[n+](C)cc1C.Cc1cc(-c2ccccc2C)[n+](C)cc1-c1ccccc1.Cc1ccccc1-c1ccc(-c2ccccc2)c[n+]1C.[2H]C([2H])([2H])c1cc(-c2cc3c(cc2C)C(C)(C)CCC3(C)C)[n+](C)cc1C([2H])([2H])[2H].[2H]C([2H])([2H])c1ccc(-c2cc3c(cc2C)C(C)(C)CCC3(C)C)[n+](C)c1. The van der Waals surface area contributed by atoms with E-state index in [0.717, 1.165) is 29.7 Å². The highest BCUT2D eigenvalue weighted by molar-refractivity contribution is 5.72. The Balaban J connectivity index is 0.000000149. The van der Waals surface area contributed by atoms with Gasteiger partial charge in [0.1, 0.15) is 35.2 Å². The second-order valence-electron chi connectivity index (χ2n) is 36.7. The van der Waals surface area contributed by atoms with E-state index in [2.05, 4.69) is 349 Å². The van der Waals surface area contributed by atoms with Gasteiger partial charge in [-0.2, -0.15) is 0 Å². The largest absolute Gasteiger partial charge is 0.212 e. The molecule has 0 spiro atoms. The summed E-state index contributed by atoms with van der Waals surface area (Å²) >= 11 is 0.